The fraction of sp³-hybridized carbons (Fsp3) is 1.00. The predicted molar refractivity (Wildman–Crippen MR) is 77.9 cm³/mol. The topological polar surface area (TPSA) is 21.8 Å². The molecule has 0 radical (unpaired) electrons. The molecule has 0 bridgehead atoms. The summed E-state index contributed by atoms with van der Waals surface area (Å²) < 4.78 is 192. The average Bonchev–Trinajstić information content (AvgIpc) is 3.40. The Morgan fingerprint density at radius 2 is 1.29 bits per heavy atom. The first-order valence-electron chi connectivity index (χ1n) is 8.06. The first kappa shape index (κ1) is 28.3. The highest BCUT2D eigenvalue weighted by Gasteiger charge is 2.90. The fourth-order valence-electron chi connectivity index (χ4n) is 1.91. The van der Waals surface area contributed by atoms with Crippen molar-refractivity contribution in [3.63, 3.8) is 0 Å². The lowest BCUT2D eigenvalue weighted by atomic mass is 9.93. The van der Waals surface area contributed by atoms with Crippen LogP contribution in [0.3, 0.4) is 0 Å². The van der Waals surface area contributed by atoms with Gasteiger partial charge in [0.1, 0.15) is 6.10 Å². The third-order valence-electron chi connectivity index (χ3n) is 3.90. The Morgan fingerprint density at radius 1 is 0.839 bits per heavy atom. The number of hydrogen-bond donors (Lipinski definition) is 0. The zero-order valence-electron chi connectivity index (χ0n) is 15.1. The van der Waals surface area contributed by atoms with Crippen LogP contribution in [0, 0.1) is 0 Å². The van der Waals surface area contributed by atoms with E-state index in [4.69, 9.17) is 9.47 Å². The fourth-order valence-corrected chi connectivity index (χ4v) is 2.82. The molecule has 17 heteroatoms. The van der Waals surface area contributed by atoms with E-state index in [2.05, 4.69) is 0 Å². The number of hydrogen-bond acceptors (Lipinski definition) is 3. The normalized spacial score (nSPS) is 21.2. The second-order valence-corrected chi connectivity index (χ2v) is 7.72. The Balaban J connectivity index is 2.91. The van der Waals surface area contributed by atoms with Gasteiger partial charge >= 0.3 is 35.8 Å². The Labute approximate surface area is 169 Å². The van der Waals surface area contributed by atoms with Crippen molar-refractivity contribution in [3.05, 3.63) is 0 Å². The molecule has 0 spiro atoms. The van der Waals surface area contributed by atoms with E-state index in [0.29, 0.717) is 6.61 Å². The summed E-state index contributed by atoms with van der Waals surface area (Å²) in [4.78, 5) is 0. The van der Waals surface area contributed by atoms with E-state index in [9.17, 15) is 61.5 Å². The third kappa shape index (κ3) is 5.62. The standard InChI is InChI=1S/C14H14F14O2S/c1-6(29-3-7-4-30-7)5-31-8(15)2-9(16,17)10(18,19)11(20,21)12(22,23)13(24,25)14(26,27)28/h6-8H,2-5H2,1H3. The van der Waals surface area contributed by atoms with Gasteiger partial charge in [0.25, 0.3) is 0 Å². The van der Waals surface area contributed by atoms with E-state index in [1.165, 1.54) is 6.92 Å². The summed E-state index contributed by atoms with van der Waals surface area (Å²) in [5, 5.41) is 0. The van der Waals surface area contributed by atoms with Crippen LogP contribution in [-0.4, -0.2) is 72.5 Å². The van der Waals surface area contributed by atoms with Crippen molar-refractivity contribution in [2.24, 2.45) is 0 Å². The number of ether oxygens (including phenoxy) is 2. The maximum absolute atomic E-state index is 13.6. The van der Waals surface area contributed by atoms with E-state index in [-0.39, 0.29) is 24.5 Å². The molecule has 2 nitrogen and oxygen atoms in total. The second-order valence-electron chi connectivity index (χ2n) is 6.55. The summed E-state index contributed by atoms with van der Waals surface area (Å²) in [6.07, 6.45) is -11.5. The lowest BCUT2D eigenvalue weighted by Gasteiger charge is -2.40. The highest BCUT2D eigenvalue weighted by atomic mass is 32.2. The van der Waals surface area contributed by atoms with E-state index in [1.807, 2.05) is 0 Å². The molecule has 0 aliphatic carbocycles. The molecule has 0 aromatic carbocycles. The van der Waals surface area contributed by atoms with Gasteiger partial charge in [-0.05, 0) is 6.92 Å². The van der Waals surface area contributed by atoms with Crippen LogP contribution in [0.5, 0.6) is 0 Å². The number of thioether (sulfide) groups is 1. The Bertz CT molecular complexity index is 604. The van der Waals surface area contributed by atoms with Crippen LogP contribution in [0.25, 0.3) is 0 Å². The number of epoxide rings is 1. The van der Waals surface area contributed by atoms with Crippen LogP contribution in [0.1, 0.15) is 13.3 Å². The molecule has 3 atom stereocenters. The van der Waals surface area contributed by atoms with Crippen LogP contribution in [-0.2, 0) is 9.47 Å². The highest BCUT2D eigenvalue weighted by Crippen LogP contribution is 2.61. The smallest absolute Gasteiger partial charge is 0.375 e. The summed E-state index contributed by atoms with van der Waals surface area (Å²) >= 11 is -0.179. The summed E-state index contributed by atoms with van der Waals surface area (Å²) in [6.45, 7) is 1.66. The summed E-state index contributed by atoms with van der Waals surface area (Å²) in [5.74, 6) is -38.1. The van der Waals surface area contributed by atoms with Crippen molar-refractivity contribution in [1.82, 2.24) is 0 Å². The zero-order chi connectivity index (χ0) is 24.7. The van der Waals surface area contributed by atoms with Crippen molar-refractivity contribution >= 4 is 11.8 Å². The van der Waals surface area contributed by atoms with Gasteiger partial charge in [0, 0.05) is 5.75 Å². The average molecular weight is 512 g/mol. The van der Waals surface area contributed by atoms with Crippen LogP contribution >= 0.6 is 11.8 Å². The van der Waals surface area contributed by atoms with Gasteiger partial charge in [-0.1, -0.05) is 0 Å². The molecule has 1 fully saturated rings. The van der Waals surface area contributed by atoms with E-state index >= 15 is 0 Å². The predicted octanol–water partition coefficient (Wildman–Crippen LogP) is 5.95. The van der Waals surface area contributed by atoms with Crippen LogP contribution in [0.4, 0.5) is 61.5 Å². The number of rotatable bonds is 12. The largest absolute Gasteiger partial charge is 0.460 e. The van der Waals surface area contributed by atoms with Gasteiger partial charge in [-0.3, -0.25) is 0 Å². The second kappa shape index (κ2) is 8.91. The Hall–Kier alpha value is -0.710. The van der Waals surface area contributed by atoms with E-state index in [0.717, 1.165) is 0 Å². The van der Waals surface area contributed by atoms with Crippen molar-refractivity contribution in [2.45, 2.75) is 66.8 Å². The monoisotopic (exact) mass is 512 g/mol. The molecular weight excluding hydrogens is 498 g/mol. The van der Waals surface area contributed by atoms with Gasteiger partial charge in [-0.15, -0.1) is 11.8 Å². The van der Waals surface area contributed by atoms with Gasteiger partial charge in [0.2, 0.25) is 0 Å². The van der Waals surface area contributed by atoms with Gasteiger partial charge in [0.05, 0.1) is 25.7 Å². The van der Waals surface area contributed by atoms with Crippen LogP contribution < -0.4 is 0 Å². The molecule has 1 heterocycles. The van der Waals surface area contributed by atoms with Crippen molar-refractivity contribution in [3.8, 4) is 0 Å². The molecule has 1 rings (SSSR count). The third-order valence-corrected chi connectivity index (χ3v) is 5.09. The molecule has 0 saturated carbocycles. The van der Waals surface area contributed by atoms with Gasteiger partial charge in [0.15, 0.2) is 5.50 Å². The summed E-state index contributed by atoms with van der Waals surface area (Å²) in [6, 6.07) is 0. The minimum Gasteiger partial charge on any atom is -0.375 e. The van der Waals surface area contributed by atoms with Crippen LogP contribution in [0.15, 0.2) is 0 Å². The van der Waals surface area contributed by atoms with Gasteiger partial charge in [-0.2, -0.15) is 57.1 Å². The molecule has 186 valence electrons. The molecule has 0 aromatic rings. The SMILES string of the molecule is CC(CSC(F)CC(F)(F)C(F)(F)C(F)(F)C(F)(F)C(F)(F)C(F)(F)F)OCC1CO1. The quantitative estimate of drug-likeness (QED) is 0.239. The molecular formula is C14H14F14O2S. The summed E-state index contributed by atoms with van der Waals surface area (Å²) in [7, 11) is 0. The Kier molecular flexibility index (Phi) is 8.14. The maximum Gasteiger partial charge on any atom is 0.460 e. The molecule has 0 N–H and O–H groups in total. The summed E-state index contributed by atoms with van der Waals surface area (Å²) in [5.41, 5.74) is -3.11. The maximum atomic E-state index is 13.6. The minimum atomic E-state index is -7.99. The molecule has 0 amide bonds. The molecule has 1 saturated heterocycles. The lowest BCUT2D eigenvalue weighted by molar-refractivity contribution is -0.440. The molecule has 31 heavy (non-hydrogen) atoms. The first-order chi connectivity index (χ1) is 13.6. The van der Waals surface area contributed by atoms with Crippen molar-refractivity contribution < 1.29 is 70.9 Å². The molecule has 1 aliphatic heterocycles. The molecule has 0 aromatic heterocycles. The molecule has 3 unspecified atom stereocenters. The van der Waals surface area contributed by atoms with Crippen molar-refractivity contribution in [1.29, 1.82) is 0 Å². The lowest BCUT2D eigenvalue weighted by Crippen LogP contribution is -2.70. The van der Waals surface area contributed by atoms with Crippen molar-refractivity contribution in [2.75, 3.05) is 19.0 Å². The van der Waals surface area contributed by atoms with E-state index < -0.39 is 59.6 Å². The van der Waals surface area contributed by atoms with Crippen LogP contribution in [0.2, 0.25) is 0 Å². The molecule has 1 aliphatic rings. The first-order valence-corrected chi connectivity index (χ1v) is 9.11. The number of halogens is 14. The Morgan fingerprint density at radius 3 is 1.71 bits per heavy atom. The number of alkyl halides is 14. The minimum absolute atomic E-state index is 0.0155. The zero-order valence-corrected chi connectivity index (χ0v) is 15.9. The highest BCUT2D eigenvalue weighted by molar-refractivity contribution is 7.99. The van der Waals surface area contributed by atoms with E-state index in [1.54, 1.807) is 0 Å². The van der Waals surface area contributed by atoms with Gasteiger partial charge < -0.3 is 9.47 Å². The van der Waals surface area contributed by atoms with Gasteiger partial charge in [-0.25, -0.2) is 4.39 Å².